The molecule has 1 N–H and O–H groups in total. The molecule has 0 amide bonds. The summed E-state index contributed by atoms with van der Waals surface area (Å²) >= 11 is 1.83. The Morgan fingerprint density at radius 1 is 1.26 bits per heavy atom. The summed E-state index contributed by atoms with van der Waals surface area (Å²) in [5, 5.41) is 11.0. The van der Waals surface area contributed by atoms with Gasteiger partial charge in [-0.05, 0) is 36.2 Å². The van der Waals surface area contributed by atoms with E-state index in [9.17, 15) is 5.11 Å². The second kappa shape index (κ2) is 5.89. The normalized spacial score (nSPS) is 26.2. The maximum atomic E-state index is 9.92. The van der Waals surface area contributed by atoms with Crippen molar-refractivity contribution < 1.29 is 5.11 Å². The van der Waals surface area contributed by atoms with Crippen LogP contribution in [0.1, 0.15) is 36.7 Å². The zero-order valence-electron chi connectivity index (χ0n) is 13.0. The van der Waals surface area contributed by atoms with Crippen molar-refractivity contribution in [3.05, 3.63) is 59.9 Å². The predicted octanol–water partition coefficient (Wildman–Crippen LogP) is 3.77. The molecular weight excluding hydrogens is 306 g/mol. The Bertz CT molecular complexity index is 734. The van der Waals surface area contributed by atoms with Crippen LogP contribution < -0.4 is 0 Å². The highest BCUT2D eigenvalue weighted by atomic mass is 32.2. The number of aromatic hydroxyl groups is 1. The average molecular weight is 325 g/mol. The first-order chi connectivity index (χ1) is 11.3. The van der Waals surface area contributed by atoms with E-state index in [-0.39, 0.29) is 12.1 Å². The van der Waals surface area contributed by atoms with Gasteiger partial charge in [-0.2, -0.15) is 0 Å². The number of amidine groups is 1. The Kier molecular flexibility index (Phi) is 3.73. The van der Waals surface area contributed by atoms with Crippen LogP contribution in [-0.4, -0.2) is 32.0 Å². The van der Waals surface area contributed by atoms with Crippen molar-refractivity contribution in [1.82, 2.24) is 9.88 Å². The number of aliphatic imine (C=N–C) groups is 1. The molecule has 2 aliphatic rings. The molecule has 3 atom stereocenters. The average Bonchev–Trinajstić information content (AvgIpc) is 3.14. The van der Waals surface area contributed by atoms with Gasteiger partial charge < -0.3 is 10.0 Å². The SMILES string of the molecule is CC[C@@H]1CSC2=N[C@H](c3ccccn3)[C@H](c3cccc(O)c3)N21. The van der Waals surface area contributed by atoms with Crippen molar-refractivity contribution in [2.24, 2.45) is 4.99 Å². The van der Waals surface area contributed by atoms with Crippen LogP contribution in [0.4, 0.5) is 0 Å². The van der Waals surface area contributed by atoms with Gasteiger partial charge in [0.15, 0.2) is 5.17 Å². The summed E-state index contributed by atoms with van der Waals surface area (Å²) in [6.45, 7) is 2.22. The summed E-state index contributed by atoms with van der Waals surface area (Å²) in [5.41, 5.74) is 2.08. The molecule has 3 heterocycles. The van der Waals surface area contributed by atoms with E-state index in [0.29, 0.717) is 11.8 Å². The van der Waals surface area contributed by atoms with Gasteiger partial charge in [-0.15, -0.1) is 0 Å². The summed E-state index contributed by atoms with van der Waals surface area (Å²) in [7, 11) is 0. The van der Waals surface area contributed by atoms with Crippen LogP contribution in [0.3, 0.4) is 0 Å². The molecule has 23 heavy (non-hydrogen) atoms. The Hall–Kier alpha value is -2.01. The highest BCUT2D eigenvalue weighted by Crippen LogP contribution is 2.48. The summed E-state index contributed by atoms with van der Waals surface area (Å²) in [6, 6.07) is 14.1. The lowest BCUT2D eigenvalue weighted by atomic mass is 9.95. The van der Waals surface area contributed by atoms with E-state index in [1.165, 1.54) is 0 Å². The van der Waals surface area contributed by atoms with Crippen molar-refractivity contribution in [1.29, 1.82) is 0 Å². The highest BCUT2D eigenvalue weighted by Gasteiger charge is 2.45. The summed E-state index contributed by atoms with van der Waals surface area (Å²) < 4.78 is 0. The smallest absolute Gasteiger partial charge is 0.160 e. The van der Waals surface area contributed by atoms with Gasteiger partial charge >= 0.3 is 0 Å². The lowest BCUT2D eigenvalue weighted by Gasteiger charge is -2.31. The molecule has 4 nitrogen and oxygen atoms in total. The Labute approximate surface area is 140 Å². The molecule has 5 heteroatoms. The van der Waals surface area contributed by atoms with Gasteiger partial charge in [0.25, 0.3) is 0 Å². The number of aromatic nitrogens is 1. The number of benzene rings is 1. The van der Waals surface area contributed by atoms with E-state index in [1.807, 2.05) is 48.3 Å². The number of rotatable bonds is 3. The van der Waals surface area contributed by atoms with Crippen molar-refractivity contribution >= 4 is 16.9 Å². The number of hydrogen-bond acceptors (Lipinski definition) is 5. The molecule has 0 aliphatic carbocycles. The zero-order valence-corrected chi connectivity index (χ0v) is 13.8. The van der Waals surface area contributed by atoms with Gasteiger partial charge in [0, 0.05) is 18.0 Å². The molecule has 1 saturated heterocycles. The van der Waals surface area contributed by atoms with E-state index in [1.54, 1.807) is 6.07 Å². The van der Waals surface area contributed by atoms with Crippen LogP contribution in [0.2, 0.25) is 0 Å². The van der Waals surface area contributed by atoms with Crippen LogP contribution in [0, 0.1) is 0 Å². The summed E-state index contributed by atoms with van der Waals surface area (Å²) in [4.78, 5) is 11.9. The van der Waals surface area contributed by atoms with Gasteiger partial charge in [-0.1, -0.05) is 36.9 Å². The minimum atomic E-state index is -0.0187. The monoisotopic (exact) mass is 325 g/mol. The molecule has 0 radical (unpaired) electrons. The number of hydrogen-bond donors (Lipinski definition) is 1. The van der Waals surface area contributed by atoms with Gasteiger partial charge in [0.2, 0.25) is 0 Å². The fraction of sp³-hybridized carbons (Fsp3) is 0.333. The Balaban J connectivity index is 1.80. The maximum Gasteiger partial charge on any atom is 0.160 e. The first kappa shape index (κ1) is 14.6. The Morgan fingerprint density at radius 2 is 2.17 bits per heavy atom. The quantitative estimate of drug-likeness (QED) is 0.933. The predicted molar refractivity (Wildman–Crippen MR) is 93.6 cm³/mol. The zero-order chi connectivity index (χ0) is 15.8. The van der Waals surface area contributed by atoms with Gasteiger partial charge in [0.1, 0.15) is 11.8 Å². The number of phenolic OH excluding ortho intramolecular Hbond substituents is 1. The molecule has 0 unspecified atom stereocenters. The number of thioether (sulfide) groups is 1. The fourth-order valence-corrected chi connectivity index (χ4v) is 4.76. The third kappa shape index (κ3) is 2.49. The molecule has 1 aromatic carbocycles. The van der Waals surface area contributed by atoms with E-state index in [2.05, 4.69) is 22.9 Å². The van der Waals surface area contributed by atoms with E-state index < -0.39 is 0 Å². The van der Waals surface area contributed by atoms with Crippen molar-refractivity contribution in [3.63, 3.8) is 0 Å². The third-order valence-corrected chi connectivity index (χ3v) is 5.67. The topological polar surface area (TPSA) is 48.7 Å². The summed E-state index contributed by atoms with van der Waals surface area (Å²) in [5.74, 6) is 1.38. The molecule has 1 aromatic heterocycles. The Morgan fingerprint density at radius 3 is 2.91 bits per heavy atom. The largest absolute Gasteiger partial charge is 0.508 e. The molecule has 0 saturated carbocycles. The fourth-order valence-electron chi connectivity index (χ4n) is 3.42. The van der Waals surface area contributed by atoms with Gasteiger partial charge in [-0.25, -0.2) is 0 Å². The molecule has 4 rings (SSSR count). The minimum absolute atomic E-state index is 0.0187. The number of pyridine rings is 1. The van der Waals surface area contributed by atoms with Crippen molar-refractivity contribution in [3.8, 4) is 5.75 Å². The van der Waals surface area contributed by atoms with E-state index in [0.717, 1.165) is 28.6 Å². The second-order valence-corrected chi connectivity index (χ2v) is 6.92. The van der Waals surface area contributed by atoms with E-state index in [4.69, 9.17) is 4.99 Å². The molecule has 0 bridgehead atoms. The molecule has 2 aromatic rings. The lowest BCUT2D eigenvalue weighted by Crippen LogP contribution is -2.35. The van der Waals surface area contributed by atoms with Crippen LogP contribution >= 0.6 is 11.8 Å². The third-order valence-electron chi connectivity index (χ3n) is 4.54. The van der Waals surface area contributed by atoms with Crippen molar-refractivity contribution in [2.45, 2.75) is 31.5 Å². The van der Waals surface area contributed by atoms with Crippen LogP contribution in [0.25, 0.3) is 0 Å². The van der Waals surface area contributed by atoms with Crippen molar-refractivity contribution in [2.75, 3.05) is 5.75 Å². The molecule has 118 valence electrons. The number of fused-ring (bicyclic) bond motifs is 1. The second-order valence-electron chi connectivity index (χ2n) is 5.93. The molecule has 1 fully saturated rings. The molecule has 0 spiro atoms. The summed E-state index contributed by atoms with van der Waals surface area (Å²) in [6.07, 6.45) is 2.92. The molecular formula is C18H19N3OS. The minimum Gasteiger partial charge on any atom is -0.508 e. The van der Waals surface area contributed by atoms with Crippen LogP contribution in [0.5, 0.6) is 5.75 Å². The first-order valence-electron chi connectivity index (χ1n) is 7.96. The standard InChI is InChI=1S/C18H19N3OS/c1-2-13-11-23-18-20-16(15-8-3-4-9-19-15)17(21(13)18)12-6-5-7-14(22)10-12/h3-10,13,16-17,22H,2,11H2,1H3/t13-,16-,17+/m1/s1. The maximum absolute atomic E-state index is 9.92. The molecule has 2 aliphatic heterocycles. The van der Waals surface area contributed by atoms with Crippen LogP contribution in [0.15, 0.2) is 53.7 Å². The van der Waals surface area contributed by atoms with E-state index >= 15 is 0 Å². The van der Waals surface area contributed by atoms with Gasteiger partial charge in [0.05, 0.1) is 11.7 Å². The number of nitrogens with zero attached hydrogens (tertiary/aromatic N) is 3. The number of phenols is 1. The lowest BCUT2D eigenvalue weighted by molar-refractivity contribution is 0.255. The highest BCUT2D eigenvalue weighted by molar-refractivity contribution is 8.14. The van der Waals surface area contributed by atoms with Gasteiger partial charge in [-0.3, -0.25) is 9.98 Å². The van der Waals surface area contributed by atoms with Crippen LogP contribution in [-0.2, 0) is 0 Å². The first-order valence-corrected chi connectivity index (χ1v) is 8.95.